The lowest BCUT2D eigenvalue weighted by molar-refractivity contribution is 0.476. The Morgan fingerprint density at radius 1 is 1.27 bits per heavy atom. The van der Waals surface area contributed by atoms with Crippen molar-refractivity contribution in [3.05, 3.63) is 24.5 Å². The van der Waals surface area contributed by atoms with Gasteiger partial charge in [0.25, 0.3) is 0 Å². The molecule has 120 valence electrons. The predicted octanol–water partition coefficient (Wildman–Crippen LogP) is -0.375. The Morgan fingerprint density at radius 3 is 2.64 bits per heavy atom. The van der Waals surface area contributed by atoms with Crippen LogP contribution >= 0.6 is 0 Å². The molecule has 1 atom stereocenters. The smallest absolute Gasteiger partial charge is 0.243 e. The Kier molecular flexibility index (Phi) is 3.51. The first-order chi connectivity index (χ1) is 10.2. The second-order valence-electron chi connectivity index (χ2n) is 5.37. The molecule has 1 unspecified atom stereocenters. The highest BCUT2D eigenvalue weighted by molar-refractivity contribution is 7.90. The highest BCUT2D eigenvalue weighted by Gasteiger charge is 2.37. The summed E-state index contributed by atoms with van der Waals surface area (Å²) in [5.41, 5.74) is 1.40. The Morgan fingerprint density at radius 2 is 2.00 bits per heavy atom. The fourth-order valence-electron chi connectivity index (χ4n) is 2.61. The summed E-state index contributed by atoms with van der Waals surface area (Å²) in [6.07, 6.45) is 1.82. The van der Waals surface area contributed by atoms with Gasteiger partial charge in [0.15, 0.2) is 0 Å². The van der Waals surface area contributed by atoms with E-state index in [1.54, 1.807) is 17.0 Å². The van der Waals surface area contributed by atoms with Gasteiger partial charge in [-0.1, -0.05) is 0 Å². The molecule has 0 spiro atoms. The third-order valence-electron chi connectivity index (χ3n) is 3.91. The summed E-state index contributed by atoms with van der Waals surface area (Å²) in [6, 6.07) is 4.68. The molecule has 2 aromatic rings. The number of nitrogens with two attached hydrogens (primary N) is 1. The number of aryl methyl sites for hydroxylation is 1. The molecular formula is C12H16N4O4S2. The summed E-state index contributed by atoms with van der Waals surface area (Å²) in [5.74, 6) is 0. The molecule has 1 aliphatic heterocycles. The highest BCUT2D eigenvalue weighted by atomic mass is 32.2. The average molecular weight is 344 g/mol. The quantitative estimate of drug-likeness (QED) is 0.815. The van der Waals surface area contributed by atoms with Crippen LogP contribution < -0.4 is 5.14 Å². The molecule has 0 saturated carbocycles. The zero-order valence-electron chi connectivity index (χ0n) is 11.9. The molecule has 0 bridgehead atoms. The van der Waals surface area contributed by atoms with Crippen molar-refractivity contribution < 1.29 is 16.8 Å². The van der Waals surface area contributed by atoms with Crippen molar-refractivity contribution in [3.8, 4) is 0 Å². The first-order valence-corrected chi connectivity index (χ1v) is 9.67. The minimum atomic E-state index is -3.75. The second-order valence-corrected chi connectivity index (χ2v) is 9.15. The molecule has 3 rings (SSSR count). The van der Waals surface area contributed by atoms with E-state index in [0.29, 0.717) is 5.52 Å². The largest absolute Gasteiger partial charge is 0.334 e. The monoisotopic (exact) mass is 344 g/mol. The first-order valence-electron chi connectivity index (χ1n) is 6.62. The van der Waals surface area contributed by atoms with Gasteiger partial charge in [0, 0.05) is 20.1 Å². The molecule has 2 heterocycles. The SMILES string of the molecule is Cn1cnc2cc(S(=O)(=O)N3CCC(S(N)(=O)=O)C3)ccc21. The fraction of sp³-hybridized carbons (Fsp3) is 0.417. The molecule has 1 aliphatic rings. The Hall–Kier alpha value is -1.49. The molecule has 8 nitrogen and oxygen atoms in total. The molecular weight excluding hydrogens is 328 g/mol. The lowest BCUT2D eigenvalue weighted by atomic mass is 10.3. The Labute approximate surface area is 128 Å². The van der Waals surface area contributed by atoms with Crippen LogP contribution in [0.3, 0.4) is 0 Å². The van der Waals surface area contributed by atoms with Gasteiger partial charge in [-0.2, -0.15) is 4.31 Å². The van der Waals surface area contributed by atoms with E-state index in [1.807, 2.05) is 7.05 Å². The van der Waals surface area contributed by atoms with Crippen molar-refractivity contribution >= 4 is 31.1 Å². The Bertz CT molecular complexity index is 933. The van der Waals surface area contributed by atoms with Gasteiger partial charge < -0.3 is 4.57 Å². The van der Waals surface area contributed by atoms with Gasteiger partial charge in [-0.25, -0.2) is 27.0 Å². The van der Waals surface area contributed by atoms with Crippen LogP contribution in [-0.4, -0.2) is 49.0 Å². The van der Waals surface area contributed by atoms with Gasteiger partial charge in [0.05, 0.1) is 27.5 Å². The summed E-state index contributed by atoms with van der Waals surface area (Å²) in [5, 5.41) is 4.25. The van der Waals surface area contributed by atoms with Crippen molar-refractivity contribution in [1.82, 2.24) is 13.9 Å². The van der Waals surface area contributed by atoms with E-state index in [9.17, 15) is 16.8 Å². The number of hydrogen-bond acceptors (Lipinski definition) is 5. The molecule has 1 fully saturated rings. The maximum absolute atomic E-state index is 12.6. The molecule has 2 N–H and O–H groups in total. The van der Waals surface area contributed by atoms with Gasteiger partial charge >= 0.3 is 0 Å². The topological polar surface area (TPSA) is 115 Å². The van der Waals surface area contributed by atoms with Crippen LogP contribution in [0.4, 0.5) is 0 Å². The van der Waals surface area contributed by atoms with Gasteiger partial charge in [0.1, 0.15) is 0 Å². The number of fused-ring (bicyclic) bond motifs is 1. The van der Waals surface area contributed by atoms with Crippen LogP contribution in [0.15, 0.2) is 29.4 Å². The van der Waals surface area contributed by atoms with E-state index in [0.717, 1.165) is 9.82 Å². The van der Waals surface area contributed by atoms with E-state index in [2.05, 4.69) is 4.98 Å². The normalized spacial score (nSPS) is 20.7. The lowest BCUT2D eigenvalue weighted by Crippen LogP contribution is -2.34. The molecule has 1 aromatic heterocycles. The first kappa shape index (κ1) is 15.4. The molecule has 22 heavy (non-hydrogen) atoms. The number of hydrogen-bond donors (Lipinski definition) is 1. The Balaban J connectivity index is 1.95. The number of imidazole rings is 1. The van der Waals surface area contributed by atoms with E-state index >= 15 is 0 Å². The minimum absolute atomic E-state index is 0.105. The number of aromatic nitrogens is 2. The number of benzene rings is 1. The summed E-state index contributed by atoms with van der Waals surface area (Å²) in [7, 11) is -5.66. The molecule has 0 amide bonds. The van der Waals surface area contributed by atoms with Crippen molar-refractivity contribution in [1.29, 1.82) is 0 Å². The predicted molar refractivity (Wildman–Crippen MR) is 81.0 cm³/mol. The third kappa shape index (κ3) is 2.51. The van der Waals surface area contributed by atoms with Crippen LogP contribution in [0.1, 0.15) is 6.42 Å². The maximum atomic E-state index is 12.6. The van der Waals surface area contributed by atoms with E-state index < -0.39 is 25.3 Å². The number of primary sulfonamides is 1. The van der Waals surface area contributed by atoms with Crippen molar-refractivity contribution in [2.24, 2.45) is 12.2 Å². The fourth-order valence-corrected chi connectivity index (χ4v) is 5.05. The zero-order chi connectivity index (χ0) is 16.1. The summed E-state index contributed by atoms with van der Waals surface area (Å²) >= 11 is 0. The molecule has 0 radical (unpaired) electrons. The lowest BCUT2D eigenvalue weighted by Gasteiger charge is -2.16. The molecule has 1 aromatic carbocycles. The van der Waals surface area contributed by atoms with Crippen LogP contribution in [0.5, 0.6) is 0 Å². The van der Waals surface area contributed by atoms with Crippen molar-refractivity contribution in [3.63, 3.8) is 0 Å². The van der Waals surface area contributed by atoms with Crippen LogP contribution in [0.25, 0.3) is 11.0 Å². The molecule has 10 heteroatoms. The average Bonchev–Trinajstić information content (AvgIpc) is 3.06. The highest BCUT2D eigenvalue weighted by Crippen LogP contribution is 2.25. The number of rotatable bonds is 3. The van der Waals surface area contributed by atoms with E-state index in [1.165, 1.54) is 12.1 Å². The summed E-state index contributed by atoms with van der Waals surface area (Å²) in [6.45, 7) is 0.0328. The van der Waals surface area contributed by atoms with E-state index in [4.69, 9.17) is 5.14 Å². The van der Waals surface area contributed by atoms with Gasteiger partial charge in [-0.3, -0.25) is 0 Å². The molecule has 1 saturated heterocycles. The third-order valence-corrected chi connectivity index (χ3v) is 7.08. The van der Waals surface area contributed by atoms with Crippen molar-refractivity contribution in [2.75, 3.05) is 13.1 Å². The van der Waals surface area contributed by atoms with Gasteiger partial charge in [0.2, 0.25) is 20.0 Å². The van der Waals surface area contributed by atoms with Crippen LogP contribution in [-0.2, 0) is 27.1 Å². The van der Waals surface area contributed by atoms with E-state index in [-0.39, 0.29) is 24.4 Å². The molecule has 0 aliphatic carbocycles. The summed E-state index contributed by atoms with van der Waals surface area (Å²) in [4.78, 5) is 4.24. The second kappa shape index (κ2) is 5.01. The van der Waals surface area contributed by atoms with Crippen molar-refractivity contribution in [2.45, 2.75) is 16.6 Å². The summed E-state index contributed by atoms with van der Waals surface area (Å²) < 4.78 is 50.9. The van der Waals surface area contributed by atoms with Gasteiger partial charge in [-0.15, -0.1) is 0 Å². The number of nitrogens with zero attached hydrogens (tertiary/aromatic N) is 3. The van der Waals surface area contributed by atoms with Crippen LogP contribution in [0.2, 0.25) is 0 Å². The zero-order valence-corrected chi connectivity index (χ0v) is 13.5. The van der Waals surface area contributed by atoms with Gasteiger partial charge in [-0.05, 0) is 24.6 Å². The number of sulfonamides is 2. The minimum Gasteiger partial charge on any atom is -0.334 e. The standard InChI is InChI=1S/C12H16N4O4S2/c1-15-8-14-11-6-9(2-3-12(11)15)22(19,20)16-5-4-10(7-16)21(13,17)18/h2-3,6,8,10H,4-5,7H2,1H3,(H2,13,17,18). The van der Waals surface area contributed by atoms with Crippen LogP contribution in [0, 0.1) is 0 Å². The maximum Gasteiger partial charge on any atom is 0.243 e.